The Hall–Kier alpha value is -1.37. The Labute approximate surface area is 92.5 Å². The first kappa shape index (κ1) is 12.7. The van der Waals surface area contributed by atoms with Gasteiger partial charge >= 0.3 is 12.1 Å². The van der Waals surface area contributed by atoms with Crippen molar-refractivity contribution in [3.63, 3.8) is 0 Å². The Morgan fingerprint density at radius 3 is 2.56 bits per heavy atom. The normalized spacial score (nSPS) is 11.2. The molecule has 0 saturated heterocycles. The molecular formula is C9H7F3O3S. The summed E-state index contributed by atoms with van der Waals surface area (Å²) in [6, 6.07) is 1.28. The number of esters is 1. The fourth-order valence-corrected chi connectivity index (χ4v) is 1.77. The van der Waals surface area contributed by atoms with E-state index in [-0.39, 0.29) is 22.8 Å². The second kappa shape index (κ2) is 4.65. The zero-order chi connectivity index (χ0) is 12.3. The van der Waals surface area contributed by atoms with Gasteiger partial charge in [-0.2, -0.15) is 13.2 Å². The monoisotopic (exact) mass is 252 g/mol. The number of carbonyl (C=O) groups excluding carboxylic acids is 1. The average Bonchev–Trinajstić information content (AvgIpc) is 2.16. The van der Waals surface area contributed by atoms with E-state index in [1.54, 1.807) is 0 Å². The summed E-state index contributed by atoms with van der Waals surface area (Å²) in [6.07, 6.45) is -4.63. The van der Waals surface area contributed by atoms with Crippen LogP contribution >= 0.6 is 11.3 Å². The first-order chi connectivity index (χ1) is 7.34. The Balaban J connectivity index is 3.18. The van der Waals surface area contributed by atoms with Gasteiger partial charge in [0.2, 0.25) is 0 Å². The number of hydrogen-bond donors (Lipinski definition) is 0. The Bertz CT molecular complexity index is 450. The maximum absolute atomic E-state index is 12.3. The molecule has 0 aliphatic heterocycles. The SMILES string of the molecule is CCOC(=O)c1cc(=O)cc(C(F)(F)F)s1. The first-order valence-electron chi connectivity index (χ1n) is 4.24. The first-order valence-corrected chi connectivity index (χ1v) is 5.05. The Kier molecular flexibility index (Phi) is 3.69. The largest absolute Gasteiger partial charge is 0.462 e. The maximum atomic E-state index is 12.3. The van der Waals surface area contributed by atoms with Gasteiger partial charge in [-0.25, -0.2) is 4.79 Å². The fourth-order valence-electron chi connectivity index (χ4n) is 0.920. The van der Waals surface area contributed by atoms with Crippen LogP contribution in [0.5, 0.6) is 0 Å². The summed E-state index contributed by atoms with van der Waals surface area (Å²) in [4.78, 5) is 20.7. The molecule has 1 aromatic rings. The van der Waals surface area contributed by atoms with Gasteiger partial charge < -0.3 is 4.74 Å². The molecule has 0 saturated carbocycles. The molecule has 0 radical (unpaired) electrons. The van der Waals surface area contributed by atoms with E-state index in [1.165, 1.54) is 6.92 Å². The van der Waals surface area contributed by atoms with Gasteiger partial charge in [-0.15, -0.1) is 11.3 Å². The number of alkyl halides is 3. The number of carbonyl (C=O) groups is 1. The molecule has 0 N–H and O–H groups in total. The molecule has 0 aliphatic carbocycles. The fraction of sp³-hybridized carbons (Fsp3) is 0.333. The minimum Gasteiger partial charge on any atom is -0.462 e. The van der Waals surface area contributed by atoms with Crippen molar-refractivity contribution in [3.05, 3.63) is 32.1 Å². The highest BCUT2D eigenvalue weighted by Crippen LogP contribution is 2.32. The van der Waals surface area contributed by atoms with E-state index in [0.717, 1.165) is 6.07 Å². The van der Waals surface area contributed by atoms with E-state index < -0.39 is 22.5 Å². The predicted molar refractivity (Wildman–Crippen MR) is 51.5 cm³/mol. The van der Waals surface area contributed by atoms with Crippen LogP contribution in [0.25, 0.3) is 0 Å². The third-order valence-electron chi connectivity index (χ3n) is 1.52. The molecule has 1 rings (SSSR count). The van der Waals surface area contributed by atoms with Crippen molar-refractivity contribution in [3.8, 4) is 0 Å². The molecule has 7 heteroatoms. The minimum atomic E-state index is -4.63. The van der Waals surface area contributed by atoms with Crippen LogP contribution in [0, 0.1) is 0 Å². The van der Waals surface area contributed by atoms with E-state index in [4.69, 9.17) is 0 Å². The molecule has 0 bridgehead atoms. The molecule has 3 nitrogen and oxygen atoms in total. The Morgan fingerprint density at radius 2 is 2.06 bits per heavy atom. The van der Waals surface area contributed by atoms with Crippen LogP contribution in [-0.2, 0) is 10.9 Å². The highest BCUT2D eigenvalue weighted by molar-refractivity contribution is 7.13. The van der Waals surface area contributed by atoms with Gasteiger partial charge in [-0.05, 0) is 6.92 Å². The summed E-state index contributed by atoms with van der Waals surface area (Å²) in [6.45, 7) is 1.56. The maximum Gasteiger partial charge on any atom is 0.425 e. The van der Waals surface area contributed by atoms with Crippen molar-refractivity contribution in [1.82, 2.24) is 0 Å². The summed E-state index contributed by atoms with van der Waals surface area (Å²) in [7, 11) is 0. The number of rotatable bonds is 2. The van der Waals surface area contributed by atoms with E-state index in [9.17, 15) is 22.8 Å². The van der Waals surface area contributed by atoms with Gasteiger partial charge in [0.05, 0.1) is 6.61 Å². The summed E-state index contributed by atoms with van der Waals surface area (Å²) in [5.41, 5.74) is -0.867. The quantitative estimate of drug-likeness (QED) is 0.758. The molecule has 0 aromatic carbocycles. The van der Waals surface area contributed by atoms with Crippen LogP contribution in [0.15, 0.2) is 16.9 Å². The van der Waals surface area contributed by atoms with Crippen molar-refractivity contribution in [2.75, 3.05) is 6.61 Å². The summed E-state index contributed by atoms with van der Waals surface area (Å²) >= 11 is 0.192. The zero-order valence-corrected chi connectivity index (χ0v) is 8.95. The van der Waals surface area contributed by atoms with Gasteiger partial charge in [0.15, 0.2) is 5.43 Å². The van der Waals surface area contributed by atoms with Crippen LogP contribution in [0.1, 0.15) is 21.5 Å². The minimum absolute atomic E-state index is 0.0377. The molecule has 0 spiro atoms. The van der Waals surface area contributed by atoms with Crippen LogP contribution in [0.3, 0.4) is 0 Å². The number of halogens is 3. The second-order valence-electron chi connectivity index (χ2n) is 2.74. The molecule has 1 heterocycles. The average molecular weight is 252 g/mol. The lowest BCUT2D eigenvalue weighted by atomic mass is 10.4. The summed E-state index contributed by atoms with van der Waals surface area (Å²) < 4.78 is 41.5. The summed E-state index contributed by atoms with van der Waals surface area (Å²) in [5.74, 6) is -0.921. The van der Waals surface area contributed by atoms with Crippen LogP contribution in [0.2, 0.25) is 0 Å². The molecular weight excluding hydrogens is 245 g/mol. The molecule has 0 fully saturated rings. The van der Waals surface area contributed by atoms with E-state index in [2.05, 4.69) is 4.74 Å². The third kappa shape index (κ3) is 3.06. The van der Waals surface area contributed by atoms with Gasteiger partial charge in [0.1, 0.15) is 9.75 Å². The van der Waals surface area contributed by atoms with Crippen molar-refractivity contribution >= 4 is 17.3 Å². The van der Waals surface area contributed by atoms with Crippen molar-refractivity contribution in [2.45, 2.75) is 13.1 Å². The van der Waals surface area contributed by atoms with Crippen LogP contribution < -0.4 is 5.43 Å². The van der Waals surface area contributed by atoms with E-state index in [1.807, 2.05) is 0 Å². The molecule has 88 valence electrons. The zero-order valence-electron chi connectivity index (χ0n) is 8.13. The van der Waals surface area contributed by atoms with Gasteiger partial charge in [0.25, 0.3) is 0 Å². The Morgan fingerprint density at radius 1 is 1.44 bits per heavy atom. The predicted octanol–water partition coefficient (Wildman–Crippen LogP) is 2.30. The highest BCUT2D eigenvalue weighted by Gasteiger charge is 2.33. The lowest BCUT2D eigenvalue weighted by Crippen LogP contribution is -2.12. The highest BCUT2D eigenvalue weighted by atomic mass is 32.1. The van der Waals surface area contributed by atoms with Crippen LogP contribution in [-0.4, -0.2) is 12.6 Å². The van der Waals surface area contributed by atoms with Gasteiger partial charge in [-0.1, -0.05) is 0 Å². The molecule has 16 heavy (non-hydrogen) atoms. The smallest absolute Gasteiger partial charge is 0.425 e. The standard InChI is InChI=1S/C9H7F3O3S/c1-2-15-8(14)6-3-5(13)4-7(16-6)9(10,11)12/h3-4H,2H2,1H3. The lowest BCUT2D eigenvalue weighted by Gasteiger charge is -2.06. The van der Waals surface area contributed by atoms with Gasteiger partial charge in [0, 0.05) is 12.1 Å². The van der Waals surface area contributed by atoms with Crippen molar-refractivity contribution < 1.29 is 22.7 Å². The van der Waals surface area contributed by atoms with E-state index >= 15 is 0 Å². The molecule has 1 aromatic heterocycles. The van der Waals surface area contributed by atoms with E-state index in [0.29, 0.717) is 6.07 Å². The number of ether oxygens (including phenoxy) is 1. The third-order valence-corrected chi connectivity index (χ3v) is 2.60. The summed E-state index contributed by atoms with van der Waals surface area (Å²) in [5, 5.41) is 0. The molecule has 0 amide bonds. The molecule has 0 atom stereocenters. The topological polar surface area (TPSA) is 43.4 Å². The van der Waals surface area contributed by atoms with Crippen molar-refractivity contribution in [1.29, 1.82) is 0 Å². The molecule has 0 unspecified atom stereocenters. The number of hydrogen-bond acceptors (Lipinski definition) is 4. The lowest BCUT2D eigenvalue weighted by molar-refractivity contribution is -0.134. The van der Waals surface area contributed by atoms with Crippen LogP contribution in [0.4, 0.5) is 13.2 Å². The molecule has 0 aliphatic rings. The van der Waals surface area contributed by atoms with Gasteiger partial charge in [-0.3, -0.25) is 4.79 Å². The second-order valence-corrected chi connectivity index (χ2v) is 3.82. The van der Waals surface area contributed by atoms with Crippen molar-refractivity contribution in [2.24, 2.45) is 0 Å².